The average molecular weight is 439 g/mol. The molecular weight excluding hydrogens is 426 g/mol. The standard InChI is InChI=1S/C15H13BrClN7O2/c1-8-5-12(22-21-8)20-13(25)7-19-15(26)10-6-11(16)23-24(10)14-9(17)3-2-4-18-14/h2-6H,7H2,1H3,(H,19,26)(H2,20,21,22,25). The molecule has 0 atom stereocenters. The molecule has 3 aromatic heterocycles. The number of nitrogens with zero attached hydrogens (tertiary/aromatic N) is 4. The largest absolute Gasteiger partial charge is 0.342 e. The Labute approximate surface area is 161 Å². The van der Waals surface area contributed by atoms with Gasteiger partial charge in [-0.3, -0.25) is 14.7 Å². The van der Waals surface area contributed by atoms with Crippen LogP contribution >= 0.6 is 27.5 Å². The molecule has 3 rings (SSSR count). The Hall–Kier alpha value is -2.72. The zero-order valence-electron chi connectivity index (χ0n) is 13.5. The summed E-state index contributed by atoms with van der Waals surface area (Å²) in [5.41, 5.74) is 0.992. The van der Waals surface area contributed by atoms with Crippen molar-refractivity contribution >= 4 is 45.2 Å². The quantitative estimate of drug-likeness (QED) is 0.564. The van der Waals surface area contributed by atoms with E-state index in [-0.39, 0.29) is 12.2 Å². The molecular formula is C15H13BrClN7O2. The van der Waals surface area contributed by atoms with Gasteiger partial charge in [0.15, 0.2) is 11.6 Å². The van der Waals surface area contributed by atoms with Gasteiger partial charge in [0.05, 0.1) is 11.6 Å². The van der Waals surface area contributed by atoms with Crippen LogP contribution in [0.5, 0.6) is 0 Å². The molecule has 0 saturated carbocycles. The van der Waals surface area contributed by atoms with Crippen molar-refractivity contribution in [2.45, 2.75) is 6.92 Å². The highest BCUT2D eigenvalue weighted by Crippen LogP contribution is 2.21. The highest BCUT2D eigenvalue weighted by Gasteiger charge is 2.19. The molecule has 0 spiro atoms. The van der Waals surface area contributed by atoms with Crippen LogP contribution in [-0.4, -0.2) is 43.3 Å². The molecule has 2 amide bonds. The third-order valence-electron chi connectivity index (χ3n) is 3.23. The summed E-state index contributed by atoms with van der Waals surface area (Å²) in [6.45, 7) is 1.58. The Morgan fingerprint density at radius 2 is 2.19 bits per heavy atom. The van der Waals surface area contributed by atoms with Crippen LogP contribution in [0, 0.1) is 6.92 Å². The normalized spacial score (nSPS) is 10.6. The number of aromatic amines is 1. The zero-order chi connectivity index (χ0) is 18.7. The first-order chi connectivity index (χ1) is 12.4. The predicted molar refractivity (Wildman–Crippen MR) is 98.4 cm³/mol. The first-order valence-corrected chi connectivity index (χ1v) is 8.57. The molecule has 3 heterocycles. The van der Waals surface area contributed by atoms with E-state index in [9.17, 15) is 9.59 Å². The third-order valence-corrected chi connectivity index (χ3v) is 3.92. The number of carbonyl (C=O) groups excluding carboxylic acids is 2. The van der Waals surface area contributed by atoms with E-state index in [1.165, 1.54) is 16.9 Å². The average Bonchev–Trinajstić information content (AvgIpc) is 3.18. The number of carbonyl (C=O) groups is 2. The van der Waals surface area contributed by atoms with E-state index >= 15 is 0 Å². The van der Waals surface area contributed by atoms with Gasteiger partial charge in [-0.1, -0.05) is 11.6 Å². The molecule has 0 bridgehead atoms. The van der Waals surface area contributed by atoms with Gasteiger partial charge in [0.1, 0.15) is 10.3 Å². The second-order valence-electron chi connectivity index (χ2n) is 5.24. The van der Waals surface area contributed by atoms with Crippen LogP contribution in [0.4, 0.5) is 5.82 Å². The highest BCUT2D eigenvalue weighted by atomic mass is 79.9. The van der Waals surface area contributed by atoms with Crippen molar-refractivity contribution in [2.75, 3.05) is 11.9 Å². The van der Waals surface area contributed by atoms with Crippen molar-refractivity contribution in [3.63, 3.8) is 0 Å². The van der Waals surface area contributed by atoms with Gasteiger partial charge in [-0.25, -0.2) is 9.67 Å². The van der Waals surface area contributed by atoms with Gasteiger partial charge in [0.25, 0.3) is 5.91 Å². The van der Waals surface area contributed by atoms with Crippen molar-refractivity contribution in [1.29, 1.82) is 0 Å². The molecule has 3 aromatic rings. The van der Waals surface area contributed by atoms with Crippen molar-refractivity contribution in [2.24, 2.45) is 0 Å². The fraction of sp³-hybridized carbons (Fsp3) is 0.133. The van der Waals surface area contributed by atoms with Crippen LogP contribution in [0.15, 0.2) is 35.1 Å². The lowest BCUT2D eigenvalue weighted by molar-refractivity contribution is -0.115. The van der Waals surface area contributed by atoms with Crippen LogP contribution in [0.25, 0.3) is 5.82 Å². The summed E-state index contributed by atoms with van der Waals surface area (Å²) in [7, 11) is 0. The molecule has 0 aliphatic heterocycles. The maximum Gasteiger partial charge on any atom is 0.270 e. The van der Waals surface area contributed by atoms with Crippen molar-refractivity contribution in [3.8, 4) is 5.82 Å². The monoisotopic (exact) mass is 437 g/mol. The highest BCUT2D eigenvalue weighted by molar-refractivity contribution is 9.10. The topological polar surface area (TPSA) is 118 Å². The van der Waals surface area contributed by atoms with Crippen molar-refractivity contribution < 1.29 is 9.59 Å². The number of amides is 2. The second kappa shape index (κ2) is 7.67. The van der Waals surface area contributed by atoms with Crippen LogP contribution in [0.1, 0.15) is 16.2 Å². The number of halogens is 2. The molecule has 0 radical (unpaired) electrons. The van der Waals surface area contributed by atoms with Gasteiger partial charge >= 0.3 is 0 Å². The van der Waals surface area contributed by atoms with E-state index in [0.717, 1.165) is 5.69 Å². The number of aryl methyl sites for hydroxylation is 1. The molecule has 134 valence electrons. The molecule has 0 unspecified atom stereocenters. The van der Waals surface area contributed by atoms with Gasteiger partial charge < -0.3 is 10.6 Å². The fourth-order valence-corrected chi connectivity index (χ4v) is 2.71. The second-order valence-corrected chi connectivity index (χ2v) is 6.46. The smallest absolute Gasteiger partial charge is 0.270 e. The zero-order valence-corrected chi connectivity index (χ0v) is 15.8. The summed E-state index contributed by atoms with van der Waals surface area (Å²) < 4.78 is 1.73. The van der Waals surface area contributed by atoms with E-state index in [2.05, 4.69) is 46.8 Å². The third kappa shape index (κ3) is 4.09. The number of pyridine rings is 1. The Balaban J connectivity index is 1.70. The number of H-pyrrole nitrogens is 1. The number of aromatic nitrogens is 5. The molecule has 0 aromatic carbocycles. The Kier molecular flexibility index (Phi) is 5.33. The SMILES string of the molecule is Cc1cc(NC(=O)CNC(=O)c2cc(Br)nn2-c2ncccc2Cl)n[nH]1. The Morgan fingerprint density at radius 1 is 1.38 bits per heavy atom. The molecule has 0 aliphatic carbocycles. The van der Waals surface area contributed by atoms with Gasteiger partial charge in [-0.2, -0.15) is 10.2 Å². The summed E-state index contributed by atoms with van der Waals surface area (Å²) >= 11 is 9.35. The maximum atomic E-state index is 12.5. The van der Waals surface area contributed by atoms with E-state index < -0.39 is 11.8 Å². The summed E-state index contributed by atoms with van der Waals surface area (Å²) in [5, 5.41) is 16.2. The lowest BCUT2D eigenvalue weighted by Gasteiger charge is -2.08. The van der Waals surface area contributed by atoms with E-state index in [4.69, 9.17) is 11.6 Å². The van der Waals surface area contributed by atoms with Gasteiger partial charge in [-0.05, 0) is 35.0 Å². The van der Waals surface area contributed by atoms with Gasteiger partial charge in [0, 0.05) is 24.0 Å². The minimum absolute atomic E-state index is 0.181. The summed E-state index contributed by atoms with van der Waals surface area (Å²) in [4.78, 5) is 28.5. The lowest BCUT2D eigenvalue weighted by Crippen LogP contribution is -2.34. The molecule has 3 N–H and O–H groups in total. The summed E-state index contributed by atoms with van der Waals surface area (Å²) in [6, 6.07) is 6.50. The van der Waals surface area contributed by atoms with Crippen LogP contribution in [0.2, 0.25) is 5.02 Å². The Morgan fingerprint density at radius 3 is 2.88 bits per heavy atom. The Bertz CT molecular complexity index is 969. The number of nitrogens with one attached hydrogen (secondary N) is 3. The molecule has 0 fully saturated rings. The van der Waals surface area contributed by atoms with Crippen LogP contribution in [0.3, 0.4) is 0 Å². The first-order valence-electron chi connectivity index (χ1n) is 7.40. The number of hydrogen-bond acceptors (Lipinski definition) is 5. The number of anilines is 1. The van der Waals surface area contributed by atoms with Crippen LogP contribution in [-0.2, 0) is 4.79 Å². The van der Waals surface area contributed by atoms with Crippen molar-refractivity contribution in [1.82, 2.24) is 30.3 Å². The van der Waals surface area contributed by atoms with Crippen molar-refractivity contribution in [3.05, 3.63) is 51.5 Å². The molecule has 11 heteroatoms. The maximum absolute atomic E-state index is 12.5. The van der Waals surface area contributed by atoms with E-state index in [0.29, 0.717) is 21.3 Å². The number of rotatable bonds is 5. The van der Waals surface area contributed by atoms with Gasteiger partial charge in [0.2, 0.25) is 5.91 Å². The molecule has 0 saturated heterocycles. The number of hydrogen-bond donors (Lipinski definition) is 3. The van der Waals surface area contributed by atoms with E-state index in [1.807, 2.05) is 6.92 Å². The summed E-state index contributed by atoms with van der Waals surface area (Å²) in [6.07, 6.45) is 1.54. The molecule has 26 heavy (non-hydrogen) atoms. The van der Waals surface area contributed by atoms with E-state index in [1.54, 1.807) is 18.2 Å². The first kappa shape index (κ1) is 18.1. The minimum Gasteiger partial charge on any atom is -0.342 e. The summed E-state index contributed by atoms with van der Waals surface area (Å²) in [5.74, 6) is -0.222. The molecule has 0 aliphatic rings. The predicted octanol–water partition coefficient (Wildman–Crippen LogP) is 2.08. The molecule has 9 nitrogen and oxygen atoms in total. The van der Waals surface area contributed by atoms with Gasteiger partial charge in [-0.15, -0.1) is 0 Å². The fourth-order valence-electron chi connectivity index (χ4n) is 2.13. The van der Waals surface area contributed by atoms with Crippen LogP contribution < -0.4 is 10.6 Å². The minimum atomic E-state index is -0.502. The lowest BCUT2D eigenvalue weighted by atomic mass is 10.3.